The number of pyridine rings is 1. The third-order valence-electron chi connectivity index (χ3n) is 5.33. The summed E-state index contributed by atoms with van der Waals surface area (Å²) in [6, 6.07) is 12.7. The van der Waals surface area contributed by atoms with E-state index in [4.69, 9.17) is 4.74 Å². The molecule has 0 fully saturated rings. The van der Waals surface area contributed by atoms with Crippen molar-refractivity contribution in [3.63, 3.8) is 0 Å². The van der Waals surface area contributed by atoms with Gasteiger partial charge in [-0.1, -0.05) is 71.3 Å². The number of aromatic nitrogens is 1. The molecule has 2 heteroatoms. The van der Waals surface area contributed by atoms with Gasteiger partial charge in [-0.15, -0.1) is 0 Å². The Kier molecular flexibility index (Phi) is 10.7. The molecule has 2 aromatic rings. The van der Waals surface area contributed by atoms with Crippen molar-refractivity contribution in [1.82, 2.24) is 4.98 Å². The Bertz CT molecular complexity index is 632. The molecule has 0 amide bonds. The number of aryl methyl sites for hydroxylation is 1. The average Bonchev–Trinajstić information content (AvgIpc) is 2.71. The van der Waals surface area contributed by atoms with Gasteiger partial charge < -0.3 is 4.74 Å². The number of hydrogen-bond donors (Lipinski definition) is 0. The van der Waals surface area contributed by atoms with Gasteiger partial charge in [0, 0.05) is 11.8 Å². The molecule has 1 aromatic carbocycles. The fourth-order valence-electron chi connectivity index (χ4n) is 3.61. The molecule has 0 spiro atoms. The Morgan fingerprint density at radius 2 is 1.46 bits per heavy atom. The first-order valence-electron chi connectivity index (χ1n) is 11.4. The fourth-order valence-corrected chi connectivity index (χ4v) is 3.61. The van der Waals surface area contributed by atoms with E-state index in [2.05, 4.69) is 62.2 Å². The Balaban J connectivity index is 1.73. The first-order valence-corrected chi connectivity index (χ1v) is 11.4. The van der Waals surface area contributed by atoms with Crippen LogP contribution in [0, 0.1) is 0 Å². The molecule has 2 nitrogen and oxygen atoms in total. The van der Waals surface area contributed by atoms with Crippen LogP contribution in [0.25, 0.3) is 11.3 Å². The molecule has 0 aliphatic rings. The van der Waals surface area contributed by atoms with Gasteiger partial charge in [0.1, 0.15) is 5.75 Å². The zero-order chi connectivity index (χ0) is 20.0. The highest BCUT2D eigenvalue weighted by molar-refractivity contribution is 5.60. The molecule has 154 valence electrons. The normalized spacial score (nSPS) is 12.1. The lowest BCUT2D eigenvalue weighted by Gasteiger charge is -2.14. The second kappa shape index (κ2) is 13.4. The second-order valence-corrected chi connectivity index (χ2v) is 8.02. The summed E-state index contributed by atoms with van der Waals surface area (Å²) in [5.41, 5.74) is 3.53. The summed E-state index contributed by atoms with van der Waals surface area (Å²) in [6.45, 7) is 6.59. The van der Waals surface area contributed by atoms with Gasteiger partial charge in [-0.05, 0) is 62.1 Å². The van der Waals surface area contributed by atoms with Crippen molar-refractivity contribution in [2.24, 2.45) is 0 Å². The molecule has 1 heterocycles. The lowest BCUT2D eigenvalue weighted by molar-refractivity contribution is 0.210. The number of ether oxygens (including phenoxy) is 1. The highest BCUT2D eigenvalue weighted by atomic mass is 16.5. The van der Waals surface area contributed by atoms with Crippen molar-refractivity contribution in [3.05, 3.63) is 48.2 Å². The lowest BCUT2D eigenvalue weighted by atomic mass is 10.0. The largest absolute Gasteiger partial charge is 0.491 e. The summed E-state index contributed by atoms with van der Waals surface area (Å²) in [5.74, 6) is 0.941. The number of unbranched alkanes of at least 4 members (excludes halogenated alkanes) is 7. The van der Waals surface area contributed by atoms with E-state index in [1.54, 1.807) is 0 Å². The molecular formula is C26H39NO. The smallest absolute Gasteiger partial charge is 0.119 e. The number of benzene rings is 1. The van der Waals surface area contributed by atoms with E-state index in [0.717, 1.165) is 36.3 Å². The standard InChI is InChI=1S/C26H39NO/c1-4-6-7-8-9-10-11-12-14-23-15-20-26(27-21-23)24-16-18-25(19-17-24)28-22(3)13-5-2/h15-22H,4-14H2,1-3H3/t22-/m0/s1. The Hall–Kier alpha value is -1.83. The zero-order valence-electron chi connectivity index (χ0n) is 18.3. The maximum absolute atomic E-state index is 5.94. The molecule has 1 aromatic heterocycles. The Morgan fingerprint density at radius 1 is 0.786 bits per heavy atom. The van der Waals surface area contributed by atoms with Gasteiger partial charge in [0.05, 0.1) is 11.8 Å². The molecule has 0 N–H and O–H groups in total. The SMILES string of the molecule is CCCCCCCCCCc1ccc(-c2ccc(O[C@@H](C)CCC)cc2)nc1. The fraction of sp³-hybridized carbons (Fsp3) is 0.577. The molecule has 0 aliphatic carbocycles. The van der Waals surface area contributed by atoms with Crippen LogP contribution < -0.4 is 4.74 Å². The van der Waals surface area contributed by atoms with Crippen LogP contribution in [0.3, 0.4) is 0 Å². The molecule has 0 saturated heterocycles. The molecule has 0 unspecified atom stereocenters. The van der Waals surface area contributed by atoms with E-state index >= 15 is 0 Å². The molecular weight excluding hydrogens is 342 g/mol. The average molecular weight is 382 g/mol. The van der Waals surface area contributed by atoms with Crippen LogP contribution in [0.1, 0.15) is 90.5 Å². The van der Waals surface area contributed by atoms with Gasteiger partial charge in [-0.3, -0.25) is 4.98 Å². The summed E-state index contributed by atoms with van der Waals surface area (Å²) in [6.07, 6.45) is 16.6. The van der Waals surface area contributed by atoms with Crippen molar-refractivity contribution >= 4 is 0 Å². The van der Waals surface area contributed by atoms with Gasteiger partial charge in [-0.2, -0.15) is 0 Å². The first kappa shape index (κ1) is 22.5. The summed E-state index contributed by atoms with van der Waals surface area (Å²) in [4.78, 5) is 4.68. The van der Waals surface area contributed by atoms with Gasteiger partial charge in [0.25, 0.3) is 0 Å². The summed E-state index contributed by atoms with van der Waals surface area (Å²) in [7, 11) is 0. The zero-order valence-corrected chi connectivity index (χ0v) is 18.3. The van der Waals surface area contributed by atoms with Crippen LogP contribution in [0.2, 0.25) is 0 Å². The molecule has 0 aliphatic heterocycles. The Labute approximate surface area is 172 Å². The summed E-state index contributed by atoms with van der Waals surface area (Å²) in [5, 5.41) is 0. The van der Waals surface area contributed by atoms with Crippen molar-refractivity contribution in [2.75, 3.05) is 0 Å². The minimum absolute atomic E-state index is 0.268. The molecule has 1 atom stereocenters. The molecule has 0 saturated carbocycles. The van der Waals surface area contributed by atoms with Crippen LogP contribution >= 0.6 is 0 Å². The molecule has 28 heavy (non-hydrogen) atoms. The van der Waals surface area contributed by atoms with E-state index in [1.807, 2.05) is 6.20 Å². The monoisotopic (exact) mass is 381 g/mol. The topological polar surface area (TPSA) is 22.1 Å². The van der Waals surface area contributed by atoms with E-state index in [-0.39, 0.29) is 6.10 Å². The lowest BCUT2D eigenvalue weighted by Crippen LogP contribution is -2.10. The number of rotatable bonds is 14. The van der Waals surface area contributed by atoms with Gasteiger partial charge >= 0.3 is 0 Å². The minimum Gasteiger partial charge on any atom is -0.491 e. The predicted octanol–water partition coefficient (Wildman–Crippen LogP) is 8.00. The van der Waals surface area contributed by atoms with E-state index in [1.165, 1.54) is 56.9 Å². The van der Waals surface area contributed by atoms with Gasteiger partial charge in [-0.25, -0.2) is 0 Å². The van der Waals surface area contributed by atoms with Crippen LogP contribution in [-0.2, 0) is 6.42 Å². The Morgan fingerprint density at radius 3 is 2.07 bits per heavy atom. The van der Waals surface area contributed by atoms with E-state index in [9.17, 15) is 0 Å². The van der Waals surface area contributed by atoms with E-state index < -0.39 is 0 Å². The van der Waals surface area contributed by atoms with Crippen molar-refractivity contribution in [3.8, 4) is 17.0 Å². The van der Waals surface area contributed by atoms with Crippen molar-refractivity contribution in [1.29, 1.82) is 0 Å². The number of nitrogens with zero attached hydrogens (tertiary/aromatic N) is 1. The van der Waals surface area contributed by atoms with Crippen LogP contribution in [0.15, 0.2) is 42.6 Å². The minimum atomic E-state index is 0.268. The van der Waals surface area contributed by atoms with E-state index in [0.29, 0.717) is 0 Å². The van der Waals surface area contributed by atoms with Crippen LogP contribution in [-0.4, -0.2) is 11.1 Å². The van der Waals surface area contributed by atoms with Gasteiger partial charge in [0.15, 0.2) is 0 Å². The second-order valence-electron chi connectivity index (χ2n) is 8.02. The van der Waals surface area contributed by atoms with Crippen molar-refractivity contribution < 1.29 is 4.74 Å². The maximum Gasteiger partial charge on any atom is 0.119 e. The van der Waals surface area contributed by atoms with Gasteiger partial charge in [0.2, 0.25) is 0 Å². The quantitative estimate of drug-likeness (QED) is 0.309. The molecule has 0 radical (unpaired) electrons. The third-order valence-corrected chi connectivity index (χ3v) is 5.33. The summed E-state index contributed by atoms with van der Waals surface area (Å²) < 4.78 is 5.94. The van der Waals surface area contributed by atoms with Crippen molar-refractivity contribution in [2.45, 2.75) is 97.5 Å². The predicted molar refractivity (Wildman–Crippen MR) is 121 cm³/mol. The van der Waals surface area contributed by atoms with Crippen LogP contribution in [0.4, 0.5) is 0 Å². The van der Waals surface area contributed by atoms with Crippen LogP contribution in [0.5, 0.6) is 5.75 Å². The third kappa shape index (κ3) is 8.46. The highest BCUT2D eigenvalue weighted by Gasteiger charge is 2.04. The molecule has 2 rings (SSSR count). The number of hydrogen-bond acceptors (Lipinski definition) is 2. The maximum atomic E-state index is 5.94. The molecule has 0 bridgehead atoms. The highest BCUT2D eigenvalue weighted by Crippen LogP contribution is 2.22. The summed E-state index contributed by atoms with van der Waals surface area (Å²) >= 11 is 0. The first-order chi connectivity index (χ1) is 13.7.